The number of methoxy groups -OCH3 is 1. The molecule has 0 bridgehead atoms. The maximum Gasteiger partial charge on any atom is 0.191 e. The van der Waals surface area contributed by atoms with Gasteiger partial charge in [-0.1, -0.05) is 42.0 Å². The molecular weight excluding hydrogens is 274 g/mol. The minimum absolute atomic E-state index is 0.720. The largest absolute Gasteiger partial charge is 0.497 e. The van der Waals surface area contributed by atoms with Crippen LogP contribution < -0.4 is 15.4 Å². The Balaban J connectivity index is 1.84. The highest BCUT2D eigenvalue weighted by Crippen LogP contribution is 2.10. The predicted molar refractivity (Wildman–Crippen MR) is 91.2 cm³/mol. The van der Waals surface area contributed by atoms with Crippen LogP contribution in [-0.4, -0.2) is 20.1 Å². The molecule has 4 heteroatoms. The number of aryl methyl sites for hydroxylation is 1. The molecule has 2 N–H and O–H groups in total. The van der Waals surface area contributed by atoms with Crippen LogP contribution in [0.15, 0.2) is 53.5 Å². The number of rotatable bonds is 5. The van der Waals surface area contributed by atoms with Crippen LogP contribution in [0.4, 0.5) is 0 Å². The lowest BCUT2D eigenvalue weighted by Crippen LogP contribution is -2.36. The molecule has 0 amide bonds. The maximum atomic E-state index is 5.16. The van der Waals surface area contributed by atoms with Gasteiger partial charge >= 0.3 is 0 Å². The number of guanidine groups is 1. The van der Waals surface area contributed by atoms with Crippen molar-refractivity contribution in [3.8, 4) is 5.75 Å². The molecule has 22 heavy (non-hydrogen) atoms. The number of hydrogen-bond donors (Lipinski definition) is 2. The van der Waals surface area contributed by atoms with Crippen molar-refractivity contribution in [3.63, 3.8) is 0 Å². The highest BCUT2D eigenvalue weighted by Gasteiger charge is 2.00. The quantitative estimate of drug-likeness (QED) is 0.659. The van der Waals surface area contributed by atoms with E-state index in [0.717, 1.165) is 24.8 Å². The second kappa shape index (κ2) is 8.08. The van der Waals surface area contributed by atoms with Crippen LogP contribution in [0.1, 0.15) is 16.7 Å². The normalized spacial score (nSPS) is 11.1. The molecule has 0 saturated carbocycles. The van der Waals surface area contributed by atoms with Gasteiger partial charge in [0.25, 0.3) is 0 Å². The van der Waals surface area contributed by atoms with Crippen molar-refractivity contribution in [3.05, 3.63) is 65.2 Å². The van der Waals surface area contributed by atoms with Gasteiger partial charge in [-0.2, -0.15) is 0 Å². The Hall–Kier alpha value is -2.49. The first kappa shape index (κ1) is 15.9. The number of aliphatic imine (C=N–C) groups is 1. The van der Waals surface area contributed by atoms with Gasteiger partial charge in [0, 0.05) is 20.1 Å². The molecule has 2 rings (SSSR count). The second-order valence-corrected chi connectivity index (χ2v) is 5.12. The van der Waals surface area contributed by atoms with Crippen molar-refractivity contribution < 1.29 is 4.74 Å². The summed E-state index contributed by atoms with van der Waals surface area (Å²) in [5, 5.41) is 6.63. The summed E-state index contributed by atoms with van der Waals surface area (Å²) in [4.78, 5) is 4.24. The van der Waals surface area contributed by atoms with Gasteiger partial charge in [0.1, 0.15) is 5.75 Å². The summed E-state index contributed by atoms with van der Waals surface area (Å²) in [6.45, 7) is 3.57. The lowest BCUT2D eigenvalue weighted by atomic mass is 10.1. The monoisotopic (exact) mass is 297 g/mol. The molecular formula is C18H23N3O. The molecule has 2 aromatic rings. The first-order chi connectivity index (χ1) is 10.7. The fourth-order valence-electron chi connectivity index (χ4n) is 2.16. The van der Waals surface area contributed by atoms with Gasteiger partial charge in [-0.25, -0.2) is 0 Å². The van der Waals surface area contributed by atoms with Crippen LogP contribution in [0.3, 0.4) is 0 Å². The fourth-order valence-corrected chi connectivity index (χ4v) is 2.16. The molecule has 0 radical (unpaired) electrons. The van der Waals surface area contributed by atoms with Crippen LogP contribution in [0.2, 0.25) is 0 Å². The molecule has 0 fully saturated rings. The van der Waals surface area contributed by atoms with Gasteiger partial charge in [0.15, 0.2) is 5.96 Å². The fraction of sp³-hybridized carbons (Fsp3) is 0.278. The van der Waals surface area contributed by atoms with Crippen LogP contribution >= 0.6 is 0 Å². The molecule has 2 aromatic carbocycles. The molecule has 0 aliphatic heterocycles. The van der Waals surface area contributed by atoms with Gasteiger partial charge in [0.2, 0.25) is 0 Å². The zero-order valence-corrected chi connectivity index (χ0v) is 13.4. The van der Waals surface area contributed by atoms with E-state index in [-0.39, 0.29) is 0 Å². The first-order valence-electron chi connectivity index (χ1n) is 7.34. The van der Waals surface area contributed by atoms with E-state index in [1.807, 2.05) is 24.3 Å². The maximum absolute atomic E-state index is 5.16. The number of ether oxygens (including phenoxy) is 1. The van der Waals surface area contributed by atoms with Crippen LogP contribution in [0.25, 0.3) is 0 Å². The van der Waals surface area contributed by atoms with Crippen LogP contribution in [0, 0.1) is 6.92 Å². The third kappa shape index (κ3) is 4.81. The van der Waals surface area contributed by atoms with E-state index in [1.54, 1.807) is 14.2 Å². The van der Waals surface area contributed by atoms with Gasteiger partial charge < -0.3 is 15.4 Å². The van der Waals surface area contributed by atoms with E-state index >= 15 is 0 Å². The number of nitrogens with zero attached hydrogens (tertiary/aromatic N) is 1. The van der Waals surface area contributed by atoms with Gasteiger partial charge in [-0.15, -0.1) is 0 Å². The minimum Gasteiger partial charge on any atom is -0.497 e. The zero-order chi connectivity index (χ0) is 15.8. The standard InChI is InChI=1S/C18H23N3O/c1-14-5-4-6-16(11-14)13-21-18(19-2)20-12-15-7-9-17(22-3)10-8-15/h4-11H,12-13H2,1-3H3,(H2,19,20,21). The van der Waals surface area contributed by atoms with Crippen molar-refractivity contribution in [1.29, 1.82) is 0 Å². The predicted octanol–water partition coefficient (Wildman–Crippen LogP) is 2.87. The second-order valence-electron chi connectivity index (χ2n) is 5.12. The molecule has 0 saturated heterocycles. The third-order valence-corrected chi connectivity index (χ3v) is 3.39. The van der Waals surface area contributed by atoms with Crippen molar-refractivity contribution in [2.45, 2.75) is 20.0 Å². The average molecular weight is 297 g/mol. The molecule has 0 atom stereocenters. The average Bonchev–Trinajstić information content (AvgIpc) is 2.55. The molecule has 0 aliphatic rings. The van der Waals surface area contributed by atoms with Crippen molar-refractivity contribution in [2.24, 2.45) is 4.99 Å². The lowest BCUT2D eigenvalue weighted by molar-refractivity contribution is 0.414. The highest BCUT2D eigenvalue weighted by molar-refractivity contribution is 5.79. The summed E-state index contributed by atoms with van der Waals surface area (Å²) < 4.78 is 5.16. The molecule has 0 unspecified atom stereocenters. The van der Waals surface area contributed by atoms with Crippen molar-refractivity contribution in [1.82, 2.24) is 10.6 Å². The zero-order valence-electron chi connectivity index (χ0n) is 13.4. The van der Waals surface area contributed by atoms with E-state index in [9.17, 15) is 0 Å². The molecule has 4 nitrogen and oxygen atoms in total. The Kier molecular flexibility index (Phi) is 5.83. The van der Waals surface area contributed by atoms with Crippen LogP contribution in [-0.2, 0) is 13.1 Å². The van der Waals surface area contributed by atoms with E-state index in [4.69, 9.17) is 4.74 Å². The summed E-state index contributed by atoms with van der Waals surface area (Å²) in [5.74, 6) is 1.66. The first-order valence-corrected chi connectivity index (χ1v) is 7.34. The Morgan fingerprint density at radius 1 is 1.00 bits per heavy atom. The summed E-state index contributed by atoms with van der Waals surface area (Å²) >= 11 is 0. The summed E-state index contributed by atoms with van der Waals surface area (Å²) in [6, 6.07) is 16.4. The summed E-state index contributed by atoms with van der Waals surface area (Å²) in [7, 11) is 3.45. The Labute approximate surface area is 132 Å². The van der Waals surface area contributed by atoms with Gasteiger partial charge in [0.05, 0.1) is 7.11 Å². The molecule has 0 aromatic heterocycles. The topological polar surface area (TPSA) is 45.7 Å². The third-order valence-electron chi connectivity index (χ3n) is 3.39. The van der Waals surface area contributed by atoms with E-state index in [2.05, 4.69) is 46.8 Å². The molecule has 0 aliphatic carbocycles. The summed E-state index contributed by atoms with van der Waals surface area (Å²) in [6.07, 6.45) is 0. The number of nitrogens with one attached hydrogen (secondary N) is 2. The van der Waals surface area contributed by atoms with Gasteiger partial charge in [-0.05, 0) is 30.2 Å². The molecule has 0 spiro atoms. The van der Waals surface area contributed by atoms with Crippen LogP contribution in [0.5, 0.6) is 5.75 Å². The lowest BCUT2D eigenvalue weighted by Gasteiger charge is -2.12. The van der Waals surface area contributed by atoms with Crippen molar-refractivity contribution in [2.75, 3.05) is 14.2 Å². The van der Waals surface area contributed by atoms with E-state index in [0.29, 0.717) is 0 Å². The summed E-state index contributed by atoms with van der Waals surface area (Å²) in [5.41, 5.74) is 3.69. The SMILES string of the molecule is CN=C(NCc1ccc(OC)cc1)NCc1cccc(C)c1. The van der Waals surface area contributed by atoms with Gasteiger partial charge in [-0.3, -0.25) is 4.99 Å². The Bertz CT molecular complexity index is 620. The highest BCUT2D eigenvalue weighted by atomic mass is 16.5. The van der Waals surface area contributed by atoms with E-state index < -0.39 is 0 Å². The Morgan fingerprint density at radius 3 is 2.27 bits per heavy atom. The smallest absolute Gasteiger partial charge is 0.191 e. The molecule has 116 valence electrons. The van der Waals surface area contributed by atoms with E-state index in [1.165, 1.54) is 16.7 Å². The Morgan fingerprint density at radius 2 is 1.68 bits per heavy atom. The minimum atomic E-state index is 0.720. The number of hydrogen-bond acceptors (Lipinski definition) is 2. The number of benzene rings is 2. The van der Waals surface area contributed by atoms with Crippen molar-refractivity contribution >= 4 is 5.96 Å². The molecule has 0 heterocycles.